The molecule has 3 aromatic rings. The maximum absolute atomic E-state index is 12.0. The summed E-state index contributed by atoms with van der Waals surface area (Å²) in [7, 11) is -3.47. The highest BCUT2D eigenvalue weighted by Crippen LogP contribution is 2.29. The van der Waals surface area contributed by atoms with Crippen molar-refractivity contribution >= 4 is 33.4 Å². The van der Waals surface area contributed by atoms with Crippen molar-refractivity contribution in [1.82, 2.24) is 19.4 Å². The molecule has 0 unspecified atom stereocenters. The van der Waals surface area contributed by atoms with Gasteiger partial charge in [-0.3, -0.25) is 0 Å². The molecule has 9 nitrogen and oxygen atoms in total. The first-order valence-electron chi connectivity index (χ1n) is 12.2. The lowest BCUT2D eigenvalue weighted by Crippen LogP contribution is -2.37. The summed E-state index contributed by atoms with van der Waals surface area (Å²) in [5.41, 5.74) is 5.62. The predicted molar refractivity (Wildman–Crippen MR) is 143 cm³/mol. The van der Waals surface area contributed by atoms with E-state index in [4.69, 9.17) is 4.74 Å². The van der Waals surface area contributed by atoms with Crippen LogP contribution in [0.1, 0.15) is 48.4 Å². The average Bonchev–Trinajstić information content (AvgIpc) is 3.64. The number of nitrogens with zero attached hydrogens (tertiary/aromatic N) is 2. The lowest BCUT2D eigenvalue weighted by Gasteiger charge is -2.15. The fourth-order valence-corrected chi connectivity index (χ4v) is 4.81. The number of aromatic nitrogens is 2. The highest BCUT2D eigenvalue weighted by atomic mass is 32.2. The van der Waals surface area contributed by atoms with E-state index < -0.39 is 10.2 Å². The summed E-state index contributed by atoms with van der Waals surface area (Å²) in [4.78, 5) is 9.08. The molecule has 10 heteroatoms. The largest absolute Gasteiger partial charge is 0.493 e. The molecule has 1 heterocycles. The standard InChI is InChI=1S/C26H34N6O3S/c1-5-12-35-24-17(2)13-23(14-18(24)3)30-26-27-15-19(4)25(31-26)29-21-8-6-20(7-9-21)16-28-36(33,34)32-22-10-11-22/h6-9,13-15,22,28,32H,5,10-12,16H2,1-4H3,(H2,27,29,30,31). The maximum atomic E-state index is 12.0. The molecule has 0 amide bonds. The molecular weight excluding hydrogens is 476 g/mol. The monoisotopic (exact) mass is 510 g/mol. The zero-order valence-electron chi connectivity index (χ0n) is 21.2. The third-order valence-electron chi connectivity index (χ3n) is 5.72. The molecule has 192 valence electrons. The molecule has 0 bridgehead atoms. The zero-order valence-corrected chi connectivity index (χ0v) is 22.0. The molecular formula is C26H34N6O3S. The molecule has 4 rings (SSSR count). The van der Waals surface area contributed by atoms with Gasteiger partial charge in [-0.15, -0.1) is 0 Å². The first-order chi connectivity index (χ1) is 17.2. The number of rotatable bonds is 12. The summed E-state index contributed by atoms with van der Waals surface area (Å²) in [6, 6.07) is 11.7. The third-order valence-corrected chi connectivity index (χ3v) is 6.89. The number of hydrogen-bond acceptors (Lipinski definition) is 7. The summed E-state index contributed by atoms with van der Waals surface area (Å²) in [6.45, 7) is 9.02. The van der Waals surface area contributed by atoms with Crippen molar-refractivity contribution in [1.29, 1.82) is 0 Å². The fourth-order valence-electron chi connectivity index (χ4n) is 3.70. The zero-order chi connectivity index (χ0) is 25.7. The Balaban J connectivity index is 1.40. The van der Waals surface area contributed by atoms with Crippen LogP contribution < -0.4 is 24.8 Å². The number of ether oxygens (including phenoxy) is 1. The molecule has 2 aromatic carbocycles. The summed E-state index contributed by atoms with van der Waals surface area (Å²) in [6.07, 6.45) is 4.54. The molecule has 4 N–H and O–H groups in total. The van der Waals surface area contributed by atoms with Crippen LogP contribution >= 0.6 is 0 Å². The first-order valence-corrected chi connectivity index (χ1v) is 13.7. The summed E-state index contributed by atoms with van der Waals surface area (Å²) in [5, 5.41) is 6.62. The second-order valence-electron chi connectivity index (χ2n) is 9.18. The van der Waals surface area contributed by atoms with Crippen LogP contribution in [0.4, 0.5) is 23.1 Å². The van der Waals surface area contributed by atoms with Gasteiger partial charge in [0.15, 0.2) is 0 Å². The Labute approximate surface area is 213 Å². The van der Waals surface area contributed by atoms with E-state index in [1.54, 1.807) is 6.20 Å². The van der Waals surface area contributed by atoms with Crippen molar-refractivity contribution in [3.63, 3.8) is 0 Å². The van der Waals surface area contributed by atoms with Gasteiger partial charge in [-0.25, -0.2) is 4.98 Å². The van der Waals surface area contributed by atoms with E-state index in [1.807, 2.05) is 57.2 Å². The van der Waals surface area contributed by atoms with Gasteiger partial charge >= 0.3 is 0 Å². The van der Waals surface area contributed by atoms with Gasteiger partial charge in [-0.05, 0) is 81.0 Å². The van der Waals surface area contributed by atoms with Crippen LogP contribution in [0.3, 0.4) is 0 Å². The van der Waals surface area contributed by atoms with Crippen LogP contribution in [0.25, 0.3) is 0 Å². The summed E-state index contributed by atoms with van der Waals surface area (Å²) in [5.74, 6) is 2.09. The Morgan fingerprint density at radius 2 is 1.67 bits per heavy atom. The SMILES string of the molecule is CCCOc1c(C)cc(Nc2ncc(C)c(Nc3ccc(CNS(=O)(=O)NC4CC4)cc3)n2)cc1C. The van der Waals surface area contributed by atoms with Crippen LogP contribution in [-0.4, -0.2) is 31.0 Å². The van der Waals surface area contributed by atoms with Crippen molar-refractivity contribution in [2.45, 2.75) is 59.5 Å². The highest BCUT2D eigenvalue weighted by molar-refractivity contribution is 7.87. The van der Waals surface area contributed by atoms with Gasteiger partial charge in [-0.2, -0.15) is 22.8 Å². The molecule has 0 spiro atoms. The maximum Gasteiger partial charge on any atom is 0.277 e. The molecule has 36 heavy (non-hydrogen) atoms. The molecule has 0 saturated heterocycles. The van der Waals surface area contributed by atoms with Gasteiger partial charge in [0.05, 0.1) is 6.61 Å². The van der Waals surface area contributed by atoms with Gasteiger partial charge in [0.2, 0.25) is 5.95 Å². The number of benzene rings is 2. The molecule has 1 saturated carbocycles. The number of anilines is 4. The highest BCUT2D eigenvalue weighted by Gasteiger charge is 2.26. The van der Waals surface area contributed by atoms with E-state index in [-0.39, 0.29) is 12.6 Å². The summed E-state index contributed by atoms with van der Waals surface area (Å²) >= 11 is 0. The van der Waals surface area contributed by atoms with Gasteiger partial charge < -0.3 is 15.4 Å². The van der Waals surface area contributed by atoms with Crippen LogP contribution in [0.5, 0.6) is 5.75 Å². The third kappa shape index (κ3) is 7.16. The molecule has 1 aromatic heterocycles. The van der Waals surface area contributed by atoms with Crippen molar-refractivity contribution in [3.8, 4) is 5.75 Å². The Hall–Kier alpha value is -3.21. The topological polar surface area (TPSA) is 117 Å². The van der Waals surface area contributed by atoms with Crippen LogP contribution in [-0.2, 0) is 16.8 Å². The Morgan fingerprint density at radius 1 is 0.972 bits per heavy atom. The van der Waals surface area contributed by atoms with Gasteiger partial charge in [-0.1, -0.05) is 19.1 Å². The van der Waals surface area contributed by atoms with E-state index in [9.17, 15) is 8.42 Å². The smallest absolute Gasteiger partial charge is 0.277 e. The first kappa shape index (κ1) is 25.9. The van der Waals surface area contributed by atoms with E-state index in [0.717, 1.165) is 58.6 Å². The lowest BCUT2D eigenvalue weighted by atomic mass is 10.1. The average molecular weight is 511 g/mol. The van der Waals surface area contributed by atoms with Crippen LogP contribution in [0.2, 0.25) is 0 Å². The number of nitrogens with one attached hydrogen (secondary N) is 4. The molecule has 1 aliphatic rings. The molecule has 0 radical (unpaired) electrons. The molecule has 0 aliphatic heterocycles. The van der Waals surface area contributed by atoms with E-state index >= 15 is 0 Å². The molecule has 1 aliphatic carbocycles. The lowest BCUT2D eigenvalue weighted by molar-refractivity contribution is 0.313. The van der Waals surface area contributed by atoms with Crippen molar-refractivity contribution in [3.05, 3.63) is 64.8 Å². The predicted octanol–water partition coefficient (Wildman–Crippen LogP) is 4.76. The minimum Gasteiger partial charge on any atom is -0.493 e. The van der Waals surface area contributed by atoms with Gasteiger partial charge in [0, 0.05) is 35.7 Å². The van der Waals surface area contributed by atoms with Crippen molar-refractivity contribution in [2.75, 3.05) is 17.2 Å². The summed E-state index contributed by atoms with van der Waals surface area (Å²) < 4.78 is 35.1. The second kappa shape index (κ2) is 11.2. The molecule has 1 fully saturated rings. The van der Waals surface area contributed by atoms with Crippen molar-refractivity contribution in [2.24, 2.45) is 0 Å². The van der Waals surface area contributed by atoms with Crippen LogP contribution in [0, 0.1) is 20.8 Å². The Bertz CT molecular complexity index is 1280. The normalized spacial score (nSPS) is 13.4. The number of aryl methyl sites for hydroxylation is 3. The van der Waals surface area contributed by atoms with Crippen molar-refractivity contribution < 1.29 is 13.2 Å². The second-order valence-corrected chi connectivity index (χ2v) is 10.7. The van der Waals surface area contributed by atoms with E-state index in [0.29, 0.717) is 18.4 Å². The Kier molecular flexibility index (Phi) is 8.07. The van der Waals surface area contributed by atoms with E-state index in [2.05, 4.69) is 37.0 Å². The minimum atomic E-state index is -3.47. The molecule has 0 atom stereocenters. The quantitative estimate of drug-likeness (QED) is 0.277. The Morgan fingerprint density at radius 3 is 2.31 bits per heavy atom. The minimum absolute atomic E-state index is 0.0804. The number of hydrogen-bond donors (Lipinski definition) is 4. The van der Waals surface area contributed by atoms with Gasteiger partial charge in [0.25, 0.3) is 10.2 Å². The van der Waals surface area contributed by atoms with Crippen LogP contribution in [0.15, 0.2) is 42.6 Å². The van der Waals surface area contributed by atoms with Gasteiger partial charge in [0.1, 0.15) is 11.6 Å². The fraction of sp³-hybridized carbons (Fsp3) is 0.385. The van der Waals surface area contributed by atoms with E-state index in [1.165, 1.54) is 0 Å².